The first kappa shape index (κ1) is 3.14. The van der Waals surface area contributed by atoms with Crippen molar-refractivity contribution in [2.45, 2.75) is 0 Å². The van der Waals surface area contributed by atoms with Crippen molar-refractivity contribution in [1.29, 1.82) is 0 Å². The van der Waals surface area contributed by atoms with Crippen LogP contribution in [0.25, 0.3) is 0 Å². The van der Waals surface area contributed by atoms with E-state index in [1.54, 1.807) is 0 Å². The Labute approximate surface area is 32.6 Å². The molecule has 0 aliphatic carbocycles. The third kappa shape index (κ3) is 0.176. The fourth-order valence-electron chi connectivity index (χ4n) is 0.110. The Hall–Kier alpha value is -1.06. The largest absolute Gasteiger partial charge is 0.467 e. The van der Waals surface area contributed by atoms with Gasteiger partial charge in [-0.2, -0.15) is 0 Å². The van der Waals surface area contributed by atoms with Crippen molar-refractivity contribution in [2.24, 2.45) is 0 Å². The second-order valence-corrected chi connectivity index (χ2v) is 0.742. The minimum Gasteiger partial charge on any atom is -0.233 e. The zero-order valence-corrected chi connectivity index (χ0v) is 2.63. The minimum atomic E-state index is -0.921. The van der Waals surface area contributed by atoms with Crippen LogP contribution in [0.5, 0.6) is 0 Å². The number of rotatable bonds is 0. The zero-order chi connectivity index (χ0) is 4.57. The Kier molecular flexibility index (Phi) is 0.370. The first-order valence-corrected chi connectivity index (χ1v) is 1.23. The highest BCUT2D eigenvalue weighted by Gasteiger charge is 2.31. The quantitative estimate of drug-likeness (QED) is 0.281. The van der Waals surface area contributed by atoms with Gasteiger partial charge in [-0.25, -0.2) is 19.4 Å². The summed E-state index contributed by atoms with van der Waals surface area (Å²) in [4.78, 5) is 26.2. The van der Waals surface area contributed by atoms with Crippen molar-refractivity contribution in [3.8, 4) is 0 Å². The van der Waals surface area contributed by atoms with Gasteiger partial charge in [0.2, 0.25) is 0 Å². The van der Waals surface area contributed by atoms with Crippen molar-refractivity contribution < 1.29 is 19.4 Å². The molecule has 4 nitrogen and oxygen atoms in total. The van der Waals surface area contributed by atoms with Gasteiger partial charge in [-0.3, -0.25) is 0 Å². The number of hydrogen-bond acceptors (Lipinski definition) is 4. The molecule has 4 heteroatoms. The monoisotopic (exact) mass is 88.0 g/mol. The molecular weight excluding hydrogens is 88.0 g/mol. The van der Waals surface area contributed by atoms with E-state index in [1.165, 1.54) is 0 Å². The average molecular weight is 88.0 g/mol. The summed E-state index contributed by atoms with van der Waals surface area (Å²) in [6.45, 7) is 0. The van der Waals surface area contributed by atoms with Crippen LogP contribution in [-0.4, -0.2) is 11.9 Å². The van der Waals surface area contributed by atoms with E-state index in [0.29, 0.717) is 0 Å². The predicted molar refractivity (Wildman–Crippen MR) is 12.2 cm³/mol. The van der Waals surface area contributed by atoms with Gasteiger partial charge in [0.25, 0.3) is 0 Å². The van der Waals surface area contributed by atoms with Gasteiger partial charge in [0.15, 0.2) is 0 Å². The smallest absolute Gasteiger partial charge is 0.233 e. The van der Waals surface area contributed by atoms with Crippen molar-refractivity contribution in [3.05, 3.63) is 0 Å². The van der Waals surface area contributed by atoms with Gasteiger partial charge in [0, 0.05) is 0 Å². The molecule has 0 aromatic carbocycles. The summed E-state index contributed by atoms with van der Waals surface area (Å²) in [6, 6.07) is 0. The average Bonchev–Trinajstić information content (AvgIpc) is 1.61. The van der Waals surface area contributed by atoms with E-state index in [-0.39, 0.29) is 0 Å². The van der Waals surface area contributed by atoms with Crippen LogP contribution in [0.1, 0.15) is 0 Å². The molecule has 0 aromatic heterocycles. The highest BCUT2D eigenvalue weighted by molar-refractivity contribution is 6.32. The number of hydrogen-bond donors (Lipinski definition) is 0. The van der Waals surface area contributed by atoms with Crippen LogP contribution >= 0.6 is 0 Å². The molecule has 0 aromatic rings. The lowest BCUT2D eigenvalue weighted by atomic mass is 10.7. The predicted octanol–water partition coefficient (Wildman–Crippen LogP) is -0.999. The maximum atomic E-state index is 9.53. The standard InChI is InChI=1S/C2O4/c3-1-2(4)6-5-1. The lowest BCUT2D eigenvalue weighted by Gasteiger charge is -2.04. The summed E-state index contributed by atoms with van der Waals surface area (Å²) in [5.74, 6) is -1.84. The Morgan fingerprint density at radius 3 is 1.33 bits per heavy atom. The molecule has 0 radical (unpaired) electrons. The van der Waals surface area contributed by atoms with Gasteiger partial charge >= 0.3 is 11.9 Å². The van der Waals surface area contributed by atoms with Gasteiger partial charge in [-0.15, -0.1) is 0 Å². The molecule has 0 N–H and O–H groups in total. The van der Waals surface area contributed by atoms with Crippen LogP contribution in [0.4, 0.5) is 0 Å². The summed E-state index contributed by atoms with van der Waals surface area (Å²) in [5.41, 5.74) is 0. The molecule has 32 valence electrons. The maximum absolute atomic E-state index is 9.53. The van der Waals surface area contributed by atoms with E-state index in [0.717, 1.165) is 0 Å². The summed E-state index contributed by atoms with van der Waals surface area (Å²) < 4.78 is 0. The number of carbonyl (C=O) groups excluding carboxylic acids is 2. The molecule has 1 heterocycles. The Morgan fingerprint density at radius 1 is 1.00 bits per heavy atom. The normalized spacial score (nSPS) is 18.0. The van der Waals surface area contributed by atoms with Crippen LogP contribution in [-0.2, 0) is 19.4 Å². The van der Waals surface area contributed by atoms with E-state index in [4.69, 9.17) is 0 Å². The first-order valence-electron chi connectivity index (χ1n) is 1.23. The van der Waals surface area contributed by atoms with Gasteiger partial charge in [-0.05, 0) is 0 Å². The highest BCUT2D eigenvalue weighted by atomic mass is 17.3. The zero-order valence-electron chi connectivity index (χ0n) is 2.63. The molecular formula is C2O4. The van der Waals surface area contributed by atoms with Gasteiger partial charge < -0.3 is 0 Å². The lowest BCUT2D eigenvalue weighted by Crippen LogP contribution is -2.31. The topological polar surface area (TPSA) is 52.6 Å². The highest BCUT2D eigenvalue weighted by Crippen LogP contribution is 1.95. The third-order valence-electron chi connectivity index (χ3n) is 0.360. The van der Waals surface area contributed by atoms with Crippen LogP contribution in [0.3, 0.4) is 0 Å². The summed E-state index contributed by atoms with van der Waals surface area (Å²) in [7, 11) is 0. The molecule has 0 unspecified atom stereocenters. The van der Waals surface area contributed by atoms with Crippen molar-refractivity contribution in [1.82, 2.24) is 0 Å². The van der Waals surface area contributed by atoms with E-state index in [2.05, 4.69) is 9.78 Å². The Balaban J connectivity index is 2.61. The van der Waals surface area contributed by atoms with Gasteiger partial charge in [0.05, 0.1) is 0 Å². The summed E-state index contributed by atoms with van der Waals surface area (Å²) in [5, 5.41) is 0. The second kappa shape index (κ2) is 0.707. The fraction of sp³-hybridized carbons (Fsp3) is 0. The van der Waals surface area contributed by atoms with Crippen molar-refractivity contribution in [3.63, 3.8) is 0 Å². The molecule has 6 heavy (non-hydrogen) atoms. The summed E-state index contributed by atoms with van der Waals surface area (Å²) in [6.07, 6.45) is 0. The molecule has 0 amide bonds. The van der Waals surface area contributed by atoms with Crippen molar-refractivity contribution in [2.75, 3.05) is 0 Å². The lowest BCUT2D eigenvalue weighted by molar-refractivity contribution is -0.296. The molecule has 1 fully saturated rings. The van der Waals surface area contributed by atoms with Crippen LogP contribution in [0.2, 0.25) is 0 Å². The maximum Gasteiger partial charge on any atom is 0.467 e. The number of carbonyl (C=O) groups is 2. The summed E-state index contributed by atoms with van der Waals surface area (Å²) >= 11 is 0. The van der Waals surface area contributed by atoms with E-state index in [1.807, 2.05) is 0 Å². The molecule has 1 saturated heterocycles. The third-order valence-corrected chi connectivity index (χ3v) is 0.360. The fourth-order valence-corrected chi connectivity index (χ4v) is 0.110. The van der Waals surface area contributed by atoms with Gasteiger partial charge in [-0.1, -0.05) is 0 Å². The van der Waals surface area contributed by atoms with Crippen LogP contribution < -0.4 is 0 Å². The molecule has 0 atom stereocenters. The van der Waals surface area contributed by atoms with Crippen LogP contribution in [0, 0.1) is 0 Å². The first-order chi connectivity index (χ1) is 2.80. The SMILES string of the molecule is O=C1OOC1=O. The molecule has 0 bridgehead atoms. The Morgan fingerprint density at radius 2 is 1.33 bits per heavy atom. The molecule has 1 aliphatic heterocycles. The molecule has 0 spiro atoms. The van der Waals surface area contributed by atoms with Crippen molar-refractivity contribution >= 4 is 11.9 Å². The minimum absolute atomic E-state index is 0.921. The van der Waals surface area contributed by atoms with E-state index < -0.39 is 11.9 Å². The second-order valence-electron chi connectivity index (χ2n) is 0.742. The van der Waals surface area contributed by atoms with E-state index >= 15 is 0 Å². The molecule has 0 saturated carbocycles. The molecule has 1 rings (SSSR count). The van der Waals surface area contributed by atoms with E-state index in [9.17, 15) is 9.59 Å². The van der Waals surface area contributed by atoms with Gasteiger partial charge in [0.1, 0.15) is 0 Å². The Bertz CT molecular complexity index is 90.1. The van der Waals surface area contributed by atoms with Crippen LogP contribution in [0.15, 0.2) is 0 Å². The molecule has 1 aliphatic rings.